The number of aryl methyl sites for hydroxylation is 1. The van der Waals surface area contributed by atoms with Gasteiger partial charge < -0.3 is 5.32 Å². The Morgan fingerprint density at radius 2 is 2.24 bits per heavy atom. The van der Waals surface area contributed by atoms with Crippen LogP contribution in [-0.2, 0) is 6.42 Å². The Hall–Kier alpha value is -1.12. The number of nitrogens with one attached hydrogen (secondary N) is 1. The van der Waals surface area contributed by atoms with Crippen LogP contribution in [0.5, 0.6) is 0 Å². The minimum atomic E-state index is 0.469. The molecule has 0 radical (unpaired) electrons. The van der Waals surface area contributed by atoms with E-state index in [2.05, 4.69) is 42.1 Å². The minimum Gasteiger partial charge on any atom is -0.367 e. The van der Waals surface area contributed by atoms with Crippen molar-refractivity contribution in [2.24, 2.45) is 5.41 Å². The Bertz CT molecular complexity index is 373. The van der Waals surface area contributed by atoms with Crippen LogP contribution in [0.1, 0.15) is 52.1 Å². The van der Waals surface area contributed by atoms with Gasteiger partial charge in [0.05, 0.1) is 0 Å². The van der Waals surface area contributed by atoms with E-state index in [9.17, 15) is 0 Å². The van der Waals surface area contributed by atoms with Gasteiger partial charge in [-0.05, 0) is 31.1 Å². The van der Waals surface area contributed by atoms with Crippen LogP contribution in [0.2, 0.25) is 0 Å². The number of nitrogens with zero attached hydrogens (tertiary/aromatic N) is 2. The zero-order chi connectivity index (χ0) is 12.3. The highest BCUT2D eigenvalue weighted by Gasteiger charge is 2.27. The molecular formula is C14H23N3. The lowest BCUT2D eigenvalue weighted by molar-refractivity contribution is 0.229. The summed E-state index contributed by atoms with van der Waals surface area (Å²) in [6.07, 6.45) is 7.78. The summed E-state index contributed by atoms with van der Waals surface area (Å²) in [5.41, 5.74) is 1.58. The molecule has 1 saturated carbocycles. The highest BCUT2D eigenvalue weighted by Crippen LogP contribution is 2.36. The molecule has 1 aliphatic rings. The van der Waals surface area contributed by atoms with Crippen molar-refractivity contribution in [2.45, 2.75) is 58.9 Å². The molecule has 1 heterocycles. The first-order valence-electron chi connectivity index (χ1n) is 6.66. The van der Waals surface area contributed by atoms with E-state index < -0.39 is 0 Å². The van der Waals surface area contributed by atoms with Crippen LogP contribution >= 0.6 is 0 Å². The third kappa shape index (κ3) is 3.42. The number of rotatable bonds is 3. The molecule has 1 unspecified atom stereocenters. The summed E-state index contributed by atoms with van der Waals surface area (Å²) < 4.78 is 0. The summed E-state index contributed by atoms with van der Waals surface area (Å²) in [5.74, 6) is 0.986. The van der Waals surface area contributed by atoms with Crippen molar-refractivity contribution in [3.63, 3.8) is 0 Å². The molecule has 1 N–H and O–H groups in total. The maximum absolute atomic E-state index is 4.31. The van der Waals surface area contributed by atoms with E-state index in [1.54, 1.807) is 6.33 Å². The van der Waals surface area contributed by atoms with Crippen LogP contribution in [0.4, 0.5) is 5.82 Å². The second kappa shape index (κ2) is 5.03. The summed E-state index contributed by atoms with van der Waals surface area (Å²) in [4.78, 5) is 8.54. The lowest BCUT2D eigenvalue weighted by Gasteiger charge is -2.35. The fourth-order valence-corrected chi connectivity index (χ4v) is 2.70. The Kier molecular flexibility index (Phi) is 3.65. The van der Waals surface area contributed by atoms with Crippen LogP contribution < -0.4 is 5.32 Å². The molecular weight excluding hydrogens is 210 g/mol. The Morgan fingerprint density at radius 1 is 1.41 bits per heavy atom. The van der Waals surface area contributed by atoms with Crippen molar-refractivity contribution in [1.82, 2.24) is 9.97 Å². The monoisotopic (exact) mass is 233 g/mol. The maximum Gasteiger partial charge on any atom is 0.129 e. The molecule has 0 amide bonds. The molecule has 3 nitrogen and oxygen atoms in total. The van der Waals surface area contributed by atoms with Crippen LogP contribution in [0, 0.1) is 5.41 Å². The number of hydrogen-bond donors (Lipinski definition) is 1. The number of aromatic nitrogens is 2. The molecule has 0 aromatic carbocycles. The molecule has 1 fully saturated rings. The molecule has 1 aromatic heterocycles. The fraction of sp³-hybridized carbons (Fsp3) is 0.714. The molecule has 0 saturated heterocycles. The van der Waals surface area contributed by atoms with Crippen molar-refractivity contribution in [2.75, 3.05) is 5.32 Å². The van der Waals surface area contributed by atoms with Gasteiger partial charge in [-0.2, -0.15) is 0 Å². The van der Waals surface area contributed by atoms with Crippen molar-refractivity contribution < 1.29 is 0 Å². The molecule has 94 valence electrons. The highest BCUT2D eigenvalue weighted by molar-refractivity contribution is 5.36. The second-order valence-electron chi connectivity index (χ2n) is 5.85. The Balaban J connectivity index is 2.00. The van der Waals surface area contributed by atoms with E-state index in [1.165, 1.54) is 25.7 Å². The van der Waals surface area contributed by atoms with E-state index in [0.717, 1.165) is 17.9 Å². The molecule has 0 aliphatic heterocycles. The summed E-state index contributed by atoms with van der Waals surface area (Å²) in [6.45, 7) is 6.84. The summed E-state index contributed by atoms with van der Waals surface area (Å²) in [7, 11) is 0. The van der Waals surface area contributed by atoms with Gasteiger partial charge in [-0.15, -0.1) is 0 Å². The van der Waals surface area contributed by atoms with E-state index in [1.807, 2.05) is 0 Å². The van der Waals surface area contributed by atoms with Crippen molar-refractivity contribution in [3.8, 4) is 0 Å². The largest absolute Gasteiger partial charge is 0.367 e. The lowest BCUT2D eigenvalue weighted by atomic mass is 9.75. The fourth-order valence-electron chi connectivity index (χ4n) is 2.70. The first kappa shape index (κ1) is 12.3. The SMILES string of the molecule is CCc1cc(NC2CCCC(C)(C)C2)ncn1. The predicted molar refractivity (Wildman–Crippen MR) is 71.1 cm³/mol. The van der Waals surface area contributed by atoms with Crippen LogP contribution in [0.15, 0.2) is 12.4 Å². The second-order valence-corrected chi connectivity index (χ2v) is 5.85. The van der Waals surface area contributed by atoms with Gasteiger partial charge in [-0.25, -0.2) is 9.97 Å². The van der Waals surface area contributed by atoms with Crippen LogP contribution in [-0.4, -0.2) is 16.0 Å². The third-order valence-electron chi connectivity index (χ3n) is 3.64. The smallest absolute Gasteiger partial charge is 0.129 e. The highest BCUT2D eigenvalue weighted by atomic mass is 15.0. The van der Waals surface area contributed by atoms with Gasteiger partial charge in [0, 0.05) is 17.8 Å². The molecule has 0 spiro atoms. The molecule has 1 aromatic rings. The van der Waals surface area contributed by atoms with E-state index in [4.69, 9.17) is 0 Å². The van der Waals surface area contributed by atoms with Gasteiger partial charge in [0.1, 0.15) is 12.1 Å². The Morgan fingerprint density at radius 3 is 2.94 bits per heavy atom. The van der Waals surface area contributed by atoms with Gasteiger partial charge in [-0.3, -0.25) is 0 Å². The van der Waals surface area contributed by atoms with Gasteiger partial charge in [0.2, 0.25) is 0 Å². The van der Waals surface area contributed by atoms with E-state index >= 15 is 0 Å². The van der Waals surface area contributed by atoms with Gasteiger partial charge in [-0.1, -0.05) is 27.2 Å². The Labute approximate surface area is 104 Å². The van der Waals surface area contributed by atoms with Crippen molar-refractivity contribution >= 4 is 5.82 Å². The number of hydrogen-bond acceptors (Lipinski definition) is 3. The predicted octanol–water partition coefficient (Wildman–Crippen LogP) is 3.42. The molecule has 1 aliphatic carbocycles. The van der Waals surface area contributed by atoms with E-state index in [0.29, 0.717) is 11.5 Å². The van der Waals surface area contributed by atoms with Crippen LogP contribution in [0.25, 0.3) is 0 Å². The average molecular weight is 233 g/mol. The quantitative estimate of drug-likeness (QED) is 0.869. The van der Waals surface area contributed by atoms with E-state index in [-0.39, 0.29) is 0 Å². The van der Waals surface area contributed by atoms with Gasteiger partial charge in [0.25, 0.3) is 0 Å². The maximum atomic E-state index is 4.31. The molecule has 3 heteroatoms. The lowest BCUT2D eigenvalue weighted by Crippen LogP contribution is -2.32. The van der Waals surface area contributed by atoms with Gasteiger partial charge >= 0.3 is 0 Å². The summed E-state index contributed by atoms with van der Waals surface area (Å²) in [6, 6.07) is 2.64. The molecule has 17 heavy (non-hydrogen) atoms. The van der Waals surface area contributed by atoms with Crippen LogP contribution in [0.3, 0.4) is 0 Å². The summed E-state index contributed by atoms with van der Waals surface area (Å²) >= 11 is 0. The normalized spacial score (nSPS) is 23.4. The van der Waals surface area contributed by atoms with Crippen molar-refractivity contribution in [1.29, 1.82) is 0 Å². The first-order chi connectivity index (χ1) is 8.09. The third-order valence-corrected chi connectivity index (χ3v) is 3.64. The zero-order valence-electron chi connectivity index (χ0n) is 11.2. The first-order valence-corrected chi connectivity index (χ1v) is 6.66. The van der Waals surface area contributed by atoms with Gasteiger partial charge in [0.15, 0.2) is 0 Å². The number of anilines is 1. The molecule has 2 rings (SSSR count). The standard InChI is InChI=1S/C14H23N3/c1-4-11-8-13(16-10-15-11)17-12-6-5-7-14(2,3)9-12/h8,10,12H,4-7,9H2,1-3H3,(H,15,16,17). The topological polar surface area (TPSA) is 37.8 Å². The van der Waals surface area contributed by atoms with Crippen molar-refractivity contribution in [3.05, 3.63) is 18.1 Å². The molecule has 1 atom stereocenters. The minimum absolute atomic E-state index is 0.469. The average Bonchev–Trinajstić information content (AvgIpc) is 2.28. The summed E-state index contributed by atoms with van der Waals surface area (Å²) in [5, 5.41) is 3.56. The zero-order valence-corrected chi connectivity index (χ0v) is 11.2. The molecule has 0 bridgehead atoms.